The summed E-state index contributed by atoms with van der Waals surface area (Å²) in [6.45, 7) is 17.4. The summed E-state index contributed by atoms with van der Waals surface area (Å²) < 4.78 is 25.2. The fourth-order valence-electron chi connectivity index (χ4n) is 3.98. The van der Waals surface area contributed by atoms with Gasteiger partial charge in [-0.25, -0.2) is 9.78 Å². The van der Waals surface area contributed by atoms with Crippen molar-refractivity contribution in [2.24, 2.45) is 0 Å². The molecule has 200 valence electrons. The minimum Gasteiger partial charge on any atom is -0.444 e. The topological polar surface area (TPSA) is 70.1 Å². The quantitative estimate of drug-likeness (QED) is 0.375. The molecule has 0 bridgehead atoms. The van der Waals surface area contributed by atoms with Crippen LogP contribution in [0.1, 0.15) is 58.5 Å². The summed E-state index contributed by atoms with van der Waals surface area (Å²) in [5.74, 6) is -1.07. The summed E-state index contributed by atoms with van der Waals surface area (Å²) in [5, 5.41) is 2.63. The highest BCUT2D eigenvalue weighted by Gasteiger charge is 2.52. The van der Waals surface area contributed by atoms with E-state index in [9.17, 15) is 4.79 Å². The number of carbonyl (C=O) groups excluding carboxylic acids is 1. The monoisotopic (exact) mass is 534 g/mol. The number of aromatic nitrogens is 1. The molecule has 3 atom stereocenters. The van der Waals surface area contributed by atoms with E-state index in [1.54, 1.807) is 18.2 Å². The minimum atomic E-state index is -2.19. The molecule has 36 heavy (non-hydrogen) atoms. The molecule has 0 spiro atoms. The van der Waals surface area contributed by atoms with Crippen LogP contribution in [-0.4, -0.2) is 55.8 Å². The van der Waals surface area contributed by atoms with Crippen LogP contribution in [0.3, 0.4) is 0 Å². The Morgan fingerprint density at radius 2 is 1.86 bits per heavy atom. The summed E-state index contributed by atoms with van der Waals surface area (Å²) in [7, 11) is -0.562. The Labute approximate surface area is 221 Å². The maximum atomic E-state index is 13.7. The molecular formula is C27H42N2O5SSi. The molecule has 1 amide bonds. The van der Waals surface area contributed by atoms with Gasteiger partial charge in [0, 0.05) is 31.7 Å². The lowest BCUT2D eigenvalue weighted by molar-refractivity contribution is -0.280. The van der Waals surface area contributed by atoms with Crippen LogP contribution >= 0.6 is 11.3 Å². The standard InChI is InChI=1S/C27H42N2O5SSi/c1-25(2,3)33-24(30)29(18-20-13-11-10-12-14-20)21-17-27(31-7,23-28-15-16-35-23)32-19-22(21)34-36(8,9)26(4,5)6/h10-16,21-22H,17-19H2,1-9H3/t21-,22-,27-/m1/s1. The number of carbonyl (C=O) groups is 1. The number of methoxy groups -OCH3 is 1. The first-order valence-electron chi connectivity index (χ1n) is 12.5. The predicted octanol–water partition coefficient (Wildman–Crippen LogP) is 6.56. The zero-order chi connectivity index (χ0) is 26.8. The van der Waals surface area contributed by atoms with Crippen molar-refractivity contribution in [2.75, 3.05) is 13.7 Å². The van der Waals surface area contributed by atoms with Crippen LogP contribution in [0.5, 0.6) is 0 Å². The number of amides is 1. The molecule has 0 unspecified atom stereocenters. The van der Waals surface area contributed by atoms with Gasteiger partial charge in [-0.3, -0.25) is 4.90 Å². The average molecular weight is 535 g/mol. The SMILES string of the molecule is CO[C@]1(c2nccs2)C[C@@H](N(Cc2ccccc2)C(=O)OC(C)(C)C)[C@H](O[Si](C)(C)C(C)(C)C)CO1. The number of rotatable bonds is 7. The van der Waals surface area contributed by atoms with Gasteiger partial charge in [0.05, 0.1) is 18.8 Å². The van der Waals surface area contributed by atoms with Crippen molar-refractivity contribution in [3.05, 3.63) is 52.5 Å². The lowest BCUT2D eigenvalue weighted by Crippen LogP contribution is -2.61. The van der Waals surface area contributed by atoms with Gasteiger partial charge in [0.25, 0.3) is 0 Å². The first-order valence-corrected chi connectivity index (χ1v) is 16.3. The number of benzene rings is 1. The van der Waals surface area contributed by atoms with E-state index in [1.807, 2.05) is 56.5 Å². The van der Waals surface area contributed by atoms with Gasteiger partial charge >= 0.3 is 6.09 Å². The molecule has 1 aromatic carbocycles. The van der Waals surface area contributed by atoms with Crippen molar-refractivity contribution in [1.29, 1.82) is 0 Å². The maximum Gasteiger partial charge on any atom is 0.410 e. The highest BCUT2D eigenvalue weighted by molar-refractivity contribution is 7.09. The third-order valence-electron chi connectivity index (χ3n) is 6.95. The van der Waals surface area contributed by atoms with Crippen LogP contribution in [0.25, 0.3) is 0 Å². The second-order valence-corrected chi connectivity index (χ2v) is 17.5. The number of hydrogen-bond acceptors (Lipinski definition) is 7. The Bertz CT molecular complexity index is 988. The van der Waals surface area contributed by atoms with E-state index >= 15 is 0 Å². The van der Waals surface area contributed by atoms with Crippen LogP contribution in [0.2, 0.25) is 18.1 Å². The molecule has 3 rings (SSSR count). The van der Waals surface area contributed by atoms with Crippen molar-refractivity contribution >= 4 is 25.7 Å². The van der Waals surface area contributed by atoms with Crippen molar-refractivity contribution < 1.29 is 23.4 Å². The number of hydrogen-bond donors (Lipinski definition) is 0. The van der Waals surface area contributed by atoms with Crippen molar-refractivity contribution in [3.63, 3.8) is 0 Å². The molecule has 1 aliphatic rings. The third kappa shape index (κ3) is 6.75. The predicted molar refractivity (Wildman–Crippen MR) is 145 cm³/mol. The van der Waals surface area contributed by atoms with E-state index in [0.717, 1.165) is 10.6 Å². The molecule has 9 heteroatoms. The first-order chi connectivity index (χ1) is 16.7. The van der Waals surface area contributed by atoms with Crippen LogP contribution < -0.4 is 0 Å². The second kappa shape index (κ2) is 10.9. The second-order valence-electron chi connectivity index (χ2n) is 11.9. The Morgan fingerprint density at radius 3 is 2.39 bits per heavy atom. The maximum absolute atomic E-state index is 13.7. The van der Waals surface area contributed by atoms with Crippen molar-refractivity contribution in [3.8, 4) is 0 Å². The summed E-state index contributed by atoms with van der Waals surface area (Å²) in [6, 6.07) is 9.61. The van der Waals surface area contributed by atoms with E-state index in [1.165, 1.54) is 11.3 Å². The zero-order valence-electron chi connectivity index (χ0n) is 23.2. The van der Waals surface area contributed by atoms with Gasteiger partial charge in [0.15, 0.2) is 13.3 Å². The van der Waals surface area contributed by atoms with Crippen LogP contribution in [0, 0.1) is 0 Å². The minimum absolute atomic E-state index is 0.00116. The normalized spacial score (nSPS) is 23.4. The van der Waals surface area contributed by atoms with Crippen LogP contribution in [0.15, 0.2) is 41.9 Å². The lowest BCUT2D eigenvalue weighted by atomic mass is 9.96. The fraction of sp³-hybridized carbons (Fsp3) is 0.630. The lowest BCUT2D eigenvalue weighted by Gasteiger charge is -2.49. The fourth-order valence-corrected chi connectivity index (χ4v) is 6.09. The highest BCUT2D eigenvalue weighted by Crippen LogP contribution is 2.43. The number of nitrogens with zero attached hydrogens (tertiary/aromatic N) is 2. The molecule has 2 aromatic rings. The Morgan fingerprint density at radius 1 is 1.19 bits per heavy atom. The van der Waals surface area contributed by atoms with Gasteiger partial charge in [-0.05, 0) is 44.5 Å². The van der Waals surface area contributed by atoms with Gasteiger partial charge in [0.1, 0.15) is 5.60 Å². The molecule has 1 aliphatic heterocycles. The summed E-state index contributed by atoms with van der Waals surface area (Å²) in [6.07, 6.45) is 1.39. The smallest absolute Gasteiger partial charge is 0.410 e. The summed E-state index contributed by atoms with van der Waals surface area (Å²) in [4.78, 5) is 20.0. The molecule has 0 aliphatic carbocycles. The number of thiazole rings is 1. The van der Waals surface area contributed by atoms with Gasteiger partial charge in [0.2, 0.25) is 5.79 Å². The molecule has 1 fully saturated rings. The Balaban J connectivity index is 2.06. The molecule has 1 saturated heterocycles. The summed E-state index contributed by atoms with van der Waals surface area (Å²) >= 11 is 1.48. The van der Waals surface area contributed by atoms with Crippen molar-refractivity contribution in [2.45, 2.75) is 96.2 Å². The molecule has 0 saturated carbocycles. The third-order valence-corrected chi connectivity index (χ3v) is 12.4. The van der Waals surface area contributed by atoms with E-state index in [0.29, 0.717) is 13.0 Å². The van der Waals surface area contributed by atoms with E-state index in [4.69, 9.17) is 18.6 Å². The first kappa shape index (κ1) is 28.8. The highest BCUT2D eigenvalue weighted by atomic mass is 32.1. The van der Waals surface area contributed by atoms with Crippen molar-refractivity contribution in [1.82, 2.24) is 9.88 Å². The molecule has 0 radical (unpaired) electrons. The Hall–Kier alpha value is -1.78. The van der Waals surface area contributed by atoms with Crippen LogP contribution in [0.4, 0.5) is 4.79 Å². The molecule has 1 aromatic heterocycles. The van der Waals surface area contributed by atoms with E-state index < -0.39 is 19.7 Å². The zero-order valence-corrected chi connectivity index (χ0v) is 25.0. The average Bonchev–Trinajstić information content (AvgIpc) is 3.32. The summed E-state index contributed by atoms with van der Waals surface area (Å²) in [5.41, 5.74) is 0.374. The van der Waals surface area contributed by atoms with Gasteiger partial charge in [-0.2, -0.15) is 0 Å². The van der Waals surface area contributed by atoms with Gasteiger partial charge < -0.3 is 18.6 Å². The van der Waals surface area contributed by atoms with E-state index in [2.05, 4.69) is 38.8 Å². The molecule has 7 nitrogen and oxygen atoms in total. The van der Waals surface area contributed by atoms with Crippen LogP contribution in [-0.2, 0) is 31.0 Å². The van der Waals surface area contributed by atoms with Gasteiger partial charge in [-0.15, -0.1) is 11.3 Å². The molecular weight excluding hydrogens is 492 g/mol. The molecule has 0 N–H and O–H groups in total. The number of ether oxygens (including phenoxy) is 3. The Kier molecular flexibility index (Phi) is 8.72. The molecule has 2 heterocycles. The van der Waals surface area contributed by atoms with Gasteiger partial charge in [-0.1, -0.05) is 51.1 Å². The largest absolute Gasteiger partial charge is 0.444 e. The van der Waals surface area contributed by atoms with E-state index in [-0.39, 0.29) is 29.9 Å².